The third-order valence-electron chi connectivity index (χ3n) is 6.48. The van der Waals surface area contributed by atoms with E-state index >= 15 is 0 Å². The van der Waals surface area contributed by atoms with Crippen molar-refractivity contribution >= 4 is 35.6 Å². The van der Waals surface area contributed by atoms with Crippen LogP contribution in [0.1, 0.15) is 34.1 Å². The zero-order chi connectivity index (χ0) is 28.3. The SMILES string of the molecule is C=C/C=c1/nc2nc(N3CCN(C(=O)COCCOCCOCC(=O)OC(C)(C)CC)CC3)ccn2/c1=C/C. The predicted molar refractivity (Wildman–Crippen MR) is 149 cm³/mol. The van der Waals surface area contributed by atoms with Crippen LogP contribution in [-0.2, 0) is 28.5 Å². The second kappa shape index (κ2) is 14.8. The molecule has 0 saturated carbocycles. The van der Waals surface area contributed by atoms with Crippen LogP contribution >= 0.6 is 0 Å². The number of anilines is 1. The Balaban J connectivity index is 1.30. The third-order valence-corrected chi connectivity index (χ3v) is 6.48. The molecule has 11 nitrogen and oxygen atoms in total. The lowest BCUT2D eigenvalue weighted by molar-refractivity contribution is -0.162. The topological polar surface area (TPSA) is 108 Å². The minimum absolute atomic E-state index is 0.00999. The maximum atomic E-state index is 12.5. The summed E-state index contributed by atoms with van der Waals surface area (Å²) in [7, 11) is 0. The Kier molecular flexibility index (Phi) is 11.5. The first kappa shape index (κ1) is 30.3. The molecule has 0 radical (unpaired) electrons. The minimum atomic E-state index is -0.487. The Morgan fingerprint density at radius 3 is 2.33 bits per heavy atom. The molecule has 3 heterocycles. The number of allylic oxidation sites excluding steroid dienone is 1. The van der Waals surface area contributed by atoms with Crippen molar-refractivity contribution in [3.8, 4) is 0 Å². The summed E-state index contributed by atoms with van der Waals surface area (Å²) >= 11 is 0. The van der Waals surface area contributed by atoms with Crippen LogP contribution in [0.5, 0.6) is 0 Å². The van der Waals surface area contributed by atoms with Gasteiger partial charge < -0.3 is 28.7 Å². The molecule has 2 aromatic rings. The van der Waals surface area contributed by atoms with E-state index in [4.69, 9.17) is 23.9 Å². The van der Waals surface area contributed by atoms with Gasteiger partial charge in [0, 0.05) is 32.4 Å². The van der Waals surface area contributed by atoms with E-state index in [9.17, 15) is 9.59 Å². The van der Waals surface area contributed by atoms with E-state index in [0.717, 1.165) is 22.9 Å². The van der Waals surface area contributed by atoms with Gasteiger partial charge in [0.05, 0.1) is 37.1 Å². The number of carbonyl (C=O) groups is 2. The first-order valence-electron chi connectivity index (χ1n) is 13.4. The lowest BCUT2D eigenvalue weighted by Crippen LogP contribution is -2.50. The van der Waals surface area contributed by atoms with Crippen LogP contribution in [-0.4, -0.2) is 103 Å². The summed E-state index contributed by atoms with van der Waals surface area (Å²) in [5, 5.41) is 1.81. The van der Waals surface area contributed by atoms with E-state index in [1.54, 1.807) is 11.0 Å². The van der Waals surface area contributed by atoms with Gasteiger partial charge in [-0.3, -0.25) is 9.20 Å². The smallest absolute Gasteiger partial charge is 0.332 e. The second-order valence-electron chi connectivity index (χ2n) is 9.70. The molecule has 1 aliphatic heterocycles. The second-order valence-corrected chi connectivity index (χ2v) is 9.70. The highest BCUT2D eigenvalue weighted by atomic mass is 16.6. The number of piperazine rings is 1. The molecule has 1 amide bonds. The van der Waals surface area contributed by atoms with Crippen molar-refractivity contribution < 1.29 is 28.5 Å². The number of esters is 1. The van der Waals surface area contributed by atoms with Gasteiger partial charge in [-0.2, -0.15) is 4.98 Å². The number of fused-ring (bicyclic) bond motifs is 1. The third kappa shape index (κ3) is 8.87. The lowest BCUT2D eigenvalue weighted by atomic mass is 10.1. The highest BCUT2D eigenvalue weighted by Gasteiger charge is 2.22. The number of aromatic nitrogens is 3. The van der Waals surface area contributed by atoms with Crippen molar-refractivity contribution in [1.82, 2.24) is 19.3 Å². The normalized spacial score (nSPS) is 15.3. The van der Waals surface area contributed by atoms with Gasteiger partial charge in [-0.1, -0.05) is 25.7 Å². The molecule has 0 aliphatic carbocycles. The number of hydrogen-bond acceptors (Lipinski definition) is 9. The highest BCUT2D eigenvalue weighted by Crippen LogP contribution is 2.14. The summed E-state index contributed by atoms with van der Waals surface area (Å²) in [6.45, 7) is 15.1. The Morgan fingerprint density at radius 2 is 1.69 bits per heavy atom. The maximum Gasteiger partial charge on any atom is 0.332 e. The molecule has 0 aromatic carbocycles. The number of carbonyl (C=O) groups excluding carboxylic acids is 2. The lowest BCUT2D eigenvalue weighted by Gasteiger charge is -2.35. The molecule has 0 atom stereocenters. The van der Waals surface area contributed by atoms with Gasteiger partial charge in [0.15, 0.2) is 0 Å². The monoisotopic (exact) mass is 543 g/mol. The van der Waals surface area contributed by atoms with Crippen molar-refractivity contribution in [3.05, 3.63) is 35.6 Å². The summed E-state index contributed by atoms with van der Waals surface area (Å²) in [5.74, 6) is 1.04. The van der Waals surface area contributed by atoms with Crippen LogP contribution in [0.3, 0.4) is 0 Å². The van der Waals surface area contributed by atoms with Crippen molar-refractivity contribution in [2.75, 3.05) is 70.7 Å². The molecule has 0 spiro atoms. The Hall–Kier alpha value is -3.28. The van der Waals surface area contributed by atoms with Crippen molar-refractivity contribution in [3.63, 3.8) is 0 Å². The van der Waals surface area contributed by atoms with E-state index in [2.05, 4.69) is 16.5 Å². The molecule has 3 rings (SSSR count). The Labute approximate surface area is 229 Å². The standard InChI is InChI=1S/C28H41N5O6/c1-6-9-22-23(7-2)33-11-10-24(30-27(33)29-22)31-12-14-32(15-13-31)25(34)20-37-18-16-36-17-19-38-21-26(35)39-28(4,5)8-3/h6-7,9-11H,1,8,12-21H2,2-5H3/b22-9+,23-7+. The fourth-order valence-electron chi connectivity index (χ4n) is 3.99. The van der Waals surface area contributed by atoms with E-state index in [-0.39, 0.29) is 31.7 Å². The fraction of sp³-hybridized carbons (Fsp3) is 0.571. The summed E-state index contributed by atoms with van der Waals surface area (Å²) in [5.41, 5.74) is -0.487. The highest BCUT2D eigenvalue weighted by molar-refractivity contribution is 5.77. The summed E-state index contributed by atoms with van der Waals surface area (Å²) in [4.78, 5) is 37.6. The molecular formula is C28H41N5O6. The molecule has 214 valence electrons. The quantitative estimate of drug-likeness (QED) is 0.254. The molecule has 0 bridgehead atoms. The number of imidazole rings is 1. The van der Waals surface area contributed by atoms with Crippen LogP contribution in [0.15, 0.2) is 24.9 Å². The summed E-state index contributed by atoms with van der Waals surface area (Å²) < 4.78 is 23.4. The number of nitrogens with zero attached hydrogens (tertiary/aromatic N) is 5. The number of ether oxygens (including phenoxy) is 4. The fourth-order valence-corrected chi connectivity index (χ4v) is 3.99. The van der Waals surface area contributed by atoms with Crippen LogP contribution in [0.25, 0.3) is 17.9 Å². The van der Waals surface area contributed by atoms with Gasteiger partial charge in [-0.25, -0.2) is 9.78 Å². The van der Waals surface area contributed by atoms with Crippen molar-refractivity contribution in [2.45, 2.75) is 39.7 Å². The van der Waals surface area contributed by atoms with Gasteiger partial charge in [-0.05, 0) is 39.3 Å². The molecule has 11 heteroatoms. The molecule has 2 aromatic heterocycles. The van der Waals surface area contributed by atoms with Crippen LogP contribution in [0, 0.1) is 0 Å². The Bertz CT molecular complexity index is 1230. The van der Waals surface area contributed by atoms with E-state index < -0.39 is 5.60 Å². The molecule has 39 heavy (non-hydrogen) atoms. The van der Waals surface area contributed by atoms with Gasteiger partial charge in [0.25, 0.3) is 0 Å². The van der Waals surface area contributed by atoms with Gasteiger partial charge in [0.1, 0.15) is 24.6 Å². The number of amides is 1. The average molecular weight is 544 g/mol. The van der Waals surface area contributed by atoms with Crippen molar-refractivity contribution in [2.24, 2.45) is 0 Å². The zero-order valence-electron chi connectivity index (χ0n) is 23.6. The van der Waals surface area contributed by atoms with Gasteiger partial charge in [-0.15, -0.1) is 0 Å². The van der Waals surface area contributed by atoms with Gasteiger partial charge in [0.2, 0.25) is 11.7 Å². The van der Waals surface area contributed by atoms with Crippen LogP contribution < -0.4 is 15.6 Å². The van der Waals surface area contributed by atoms with E-state index in [1.807, 2.05) is 56.5 Å². The average Bonchev–Trinajstić information content (AvgIpc) is 3.28. The van der Waals surface area contributed by atoms with E-state index in [1.165, 1.54) is 0 Å². The molecule has 0 unspecified atom stereocenters. The largest absolute Gasteiger partial charge is 0.458 e. The molecule has 1 saturated heterocycles. The van der Waals surface area contributed by atoms with Crippen LogP contribution in [0.2, 0.25) is 0 Å². The molecule has 1 aliphatic rings. The van der Waals surface area contributed by atoms with Crippen LogP contribution in [0.4, 0.5) is 5.82 Å². The summed E-state index contributed by atoms with van der Waals surface area (Å²) in [6.07, 6.45) is 8.29. The van der Waals surface area contributed by atoms with Crippen molar-refractivity contribution in [1.29, 1.82) is 0 Å². The van der Waals surface area contributed by atoms with Gasteiger partial charge >= 0.3 is 5.97 Å². The Morgan fingerprint density at radius 1 is 1.03 bits per heavy atom. The first-order valence-corrected chi connectivity index (χ1v) is 13.4. The summed E-state index contributed by atoms with van der Waals surface area (Å²) in [6, 6.07) is 1.98. The van der Waals surface area contributed by atoms with E-state index in [0.29, 0.717) is 51.8 Å². The maximum absolute atomic E-state index is 12.5. The predicted octanol–water partition coefficient (Wildman–Crippen LogP) is 0.926. The zero-order valence-corrected chi connectivity index (χ0v) is 23.6. The molecule has 1 fully saturated rings. The minimum Gasteiger partial charge on any atom is -0.458 e. The number of rotatable bonds is 14. The molecule has 0 N–H and O–H groups in total. The molecular weight excluding hydrogens is 502 g/mol. The first-order chi connectivity index (χ1) is 18.8. The number of hydrogen-bond donors (Lipinski definition) is 0.